The third kappa shape index (κ3) is 3.15. The summed E-state index contributed by atoms with van der Waals surface area (Å²) in [6, 6.07) is 2.09. The summed E-state index contributed by atoms with van der Waals surface area (Å²) in [6.45, 7) is 7.73. The molecule has 6 heteroatoms. The van der Waals surface area contributed by atoms with Gasteiger partial charge in [-0.15, -0.1) is 0 Å². The van der Waals surface area contributed by atoms with E-state index >= 15 is 0 Å². The van der Waals surface area contributed by atoms with Crippen molar-refractivity contribution in [3.05, 3.63) is 29.5 Å². The zero-order chi connectivity index (χ0) is 17.6. The maximum Gasteiger partial charge on any atom is 0.274 e. The highest BCUT2D eigenvalue weighted by Crippen LogP contribution is 2.39. The van der Waals surface area contributed by atoms with E-state index in [2.05, 4.69) is 30.2 Å². The highest BCUT2D eigenvalue weighted by atomic mass is 16.5. The van der Waals surface area contributed by atoms with Gasteiger partial charge in [0, 0.05) is 23.8 Å². The van der Waals surface area contributed by atoms with Crippen LogP contribution in [-0.4, -0.2) is 39.0 Å². The number of ether oxygens (including phenoxy) is 1. The van der Waals surface area contributed by atoms with Gasteiger partial charge in [0.2, 0.25) is 0 Å². The van der Waals surface area contributed by atoms with Crippen LogP contribution in [0.5, 0.6) is 0 Å². The molecule has 4 rings (SSSR count). The first-order valence-electron chi connectivity index (χ1n) is 9.20. The summed E-state index contributed by atoms with van der Waals surface area (Å²) in [4.78, 5) is 22.0. The molecule has 134 valence electrons. The smallest absolute Gasteiger partial charge is 0.274 e. The second kappa shape index (κ2) is 6.09. The molecule has 1 unspecified atom stereocenters. The minimum atomic E-state index is -0.198. The van der Waals surface area contributed by atoms with Crippen LogP contribution >= 0.6 is 0 Å². The van der Waals surface area contributed by atoms with Gasteiger partial charge in [-0.1, -0.05) is 0 Å². The molecule has 1 atom stereocenters. The van der Waals surface area contributed by atoms with Crippen molar-refractivity contribution in [1.29, 1.82) is 0 Å². The quantitative estimate of drug-likeness (QED) is 0.928. The van der Waals surface area contributed by atoms with E-state index in [1.807, 2.05) is 11.3 Å². The number of nitrogens with zero attached hydrogens (tertiary/aromatic N) is 3. The van der Waals surface area contributed by atoms with E-state index in [4.69, 9.17) is 9.72 Å². The normalized spacial score (nSPS) is 21.5. The SMILES string of the molecule is Cc1cc(C2CCCOC2)nc2c(C(=O)NC(C)(C)C3CC3)ncn12. The number of fused-ring (bicyclic) bond motifs is 1. The van der Waals surface area contributed by atoms with Crippen molar-refractivity contribution in [2.75, 3.05) is 13.2 Å². The first-order chi connectivity index (χ1) is 12.0. The Hall–Kier alpha value is -1.95. The molecule has 1 N–H and O–H groups in total. The van der Waals surface area contributed by atoms with E-state index in [1.165, 1.54) is 12.8 Å². The van der Waals surface area contributed by atoms with E-state index in [0.717, 1.165) is 30.8 Å². The minimum absolute atomic E-state index is 0.136. The van der Waals surface area contributed by atoms with Crippen LogP contribution in [0.1, 0.15) is 67.3 Å². The molecular weight excluding hydrogens is 316 g/mol. The van der Waals surface area contributed by atoms with E-state index in [0.29, 0.717) is 29.8 Å². The van der Waals surface area contributed by atoms with Gasteiger partial charge >= 0.3 is 0 Å². The second-order valence-corrected chi connectivity index (χ2v) is 7.97. The zero-order valence-electron chi connectivity index (χ0n) is 15.2. The van der Waals surface area contributed by atoms with Crippen molar-refractivity contribution >= 4 is 11.6 Å². The Balaban J connectivity index is 1.67. The molecule has 1 aliphatic heterocycles. The molecule has 2 fully saturated rings. The van der Waals surface area contributed by atoms with Crippen LogP contribution in [0.2, 0.25) is 0 Å². The Morgan fingerprint density at radius 1 is 1.36 bits per heavy atom. The molecule has 1 saturated carbocycles. The summed E-state index contributed by atoms with van der Waals surface area (Å²) in [6.07, 6.45) is 6.18. The number of hydrogen-bond acceptors (Lipinski definition) is 4. The lowest BCUT2D eigenvalue weighted by molar-refractivity contribution is 0.0793. The zero-order valence-corrected chi connectivity index (χ0v) is 15.2. The number of imidazole rings is 1. The molecule has 2 aliphatic rings. The Bertz CT molecular complexity index is 801. The van der Waals surface area contributed by atoms with Crippen LogP contribution in [0.15, 0.2) is 12.4 Å². The summed E-state index contributed by atoms with van der Waals surface area (Å²) in [5.74, 6) is 0.726. The van der Waals surface area contributed by atoms with Gasteiger partial charge in [0.1, 0.15) is 6.33 Å². The maximum atomic E-state index is 12.8. The number of carbonyl (C=O) groups excluding carboxylic acids is 1. The monoisotopic (exact) mass is 342 g/mol. The third-order valence-corrected chi connectivity index (χ3v) is 5.54. The fraction of sp³-hybridized carbons (Fsp3) is 0.632. The molecular formula is C19H26N4O2. The van der Waals surface area contributed by atoms with Gasteiger partial charge in [-0.05, 0) is 58.4 Å². The molecule has 2 aromatic heterocycles. The Morgan fingerprint density at radius 2 is 2.16 bits per heavy atom. The van der Waals surface area contributed by atoms with Gasteiger partial charge < -0.3 is 10.1 Å². The van der Waals surface area contributed by atoms with Gasteiger partial charge in [-0.2, -0.15) is 0 Å². The van der Waals surface area contributed by atoms with Crippen LogP contribution in [0.4, 0.5) is 0 Å². The predicted octanol–water partition coefficient (Wildman–Crippen LogP) is 2.85. The lowest BCUT2D eigenvalue weighted by Crippen LogP contribution is -2.45. The Labute approximate surface area is 148 Å². The van der Waals surface area contributed by atoms with E-state index in [-0.39, 0.29) is 11.4 Å². The molecule has 1 amide bonds. The first-order valence-corrected chi connectivity index (χ1v) is 9.20. The molecule has 2 aromatic rings. The number of hydrogen-bond donors (Lipinski definition) is 1. The van der Waals surface area contributed by atoms with Crippen molar-refractivity contribution in [2.45, 2.75) is 57.9 Å². The minimum Gasteiger partial charge on any atom is -0.381 e. The summed E-state index contributed by atoms with van der Waals surface area (Å²) >= 11 is 0. The fourth-order valence-electron chi connectivity index (χ4n) is 3.75. The highest BCUT2D eigenvalue weighted by molar-refractivity contribution is 5.98. The predicted molar refractivity (Wildman–Crippen MR) is 94.8 cm³/mol. The topological polar surface area (TPSA) is 68.5 Å². The molecule has 0 spiro atoms. The van der Waals surface area contributed by atoms with Gasteiger partial charge in [0.05, 0.1) is 12.3 Å². The Kier molecular flexibility index (Phi) is 4.02. The van der Waals surface area contributed by atoms with Crippen LogP contribution in [0.25, 0.3) is 5.65 Å². The van der Waals surface area contributed by atoms with Crippen LogP contribution in [0.3, 0.4) is 0 Å². The molecule has 1 aliphatic carbocycles. The van der Waals surface area contributed by atoms with Gasteiger partial charge in [0.25, 0.3) is 5.91 Å². The number of aryl methyl sites for hydroxylation is 1. The summed E-state index contributed by atoms with van der Waals surface area (Å²) < 4.78 is 7.50. The molecule has 25 heavy (non-hydrogen) atoms. The van der Waals surface area contributed by atoms with Gasteiger partial charge in [-0.25, -0.2) is 9.97 Å². The number of nitrogens with one attached hydrogen (secondary N) is 1. The molecule has 1 saturated heterocycles. The highest BCUT2D eigenvalue weighted by Gasteiger charge is 2.39. The Morgan fingerprint density at radius 3 is 2.84 bits per heavy atom. The standard InChI is InChI=1S/C19H26N4O2/c1-12-9-15(13-5-4-8-25-10-13)21-17-16(20-11-23(12)17)18(24)22-19(2,3)14-6-7-14/h9,11,13-14H,4-8,10H2,1-3H3,(H,22,24). The number of amides is 1. The summed E-state index contributed by atoms with van der Waals surface area (Å²) in [5.41, 5.74) is 2.90. The van der Waals surface area contributed by atoms with Crippen LogP contribution < -0.4 is 5.32 Å². The summed E-state index contributed by atoms with van der Waals surface area (Å²) in [5, 5.41) is 3.15. The van der Waals surface area contributed by atoms with Gasteiger partial charge in [0.15, 0.2) is 11.3 Å². The van der Waals surface area contributed by atoms with Crippen molar-refractivity contribution in [3.63, 3.8) is 0 Å². The number of carbonyl (C=O) groups is 1. The third-order valence-electron chi connectivity index (χ3n) is 5.54. The van der Waals surface area contributed by atoms with Crippen molar-refractivity contribution in [1.82, 2.24) is 19.7 Å². The number of aromatic nitrogens is 3. The lowest BCUT2D eigenvalue weighted by Gasteiger charge is -2.25. The average molecular weight is 342 g/mol. The van der Waals surface area contributed by atoms with Crippen LogP contribution in [0, 0.1) is 12.8 Å². The maximum absolute atomic E-state index is 12.8. The molecule has 0 bridgehead atoms. The second-order valence-electron chi connectivity index (χ2n) is 7.97. The molecule has 0 radical (unpaired) electrons. The molecule has 6 nitrogen and oxygen atoms in total. The molecule has 3 heterocycles. The molecule has 0 aromatic carbocycles. The summed E-state index contributed by atoms with van der Waals surface area (Å²) in [7, 11) is 0. The van der Waals surface area contributed by atoms with Gasteiger partial charge in [-0.3, -0.25) is 9.20 Å². The lowest BCUT2D eigenvalue weighted by atomic mass is 9.97. The van der Waals surface area contributed by atoms with E-state index in [9.17, 15) is 4.79 Å². The number of rotatable bonds is 4. The van der Waals surface area contributed by atoms with Crippen LogP contribution in [-0.2, 0) is 4.74 Å². The largest absolute Gasteiger partial charge is 0.381 e. The fourth-order valence-corrected chi connectivity index (χ4v) is 3.75. The van der Waals surface area contributed by atoms with Crippen molar-refractivity contribution in [3.8, 4) is 0 Å². The van der Waals surface area contributed by atoms with E-state index in [1.54, 1.807) is 6.33 Å². The average Bonchev–Trinajstić information content (AvgIpc) is 3.36. The first kappa shape index (κ1) is 16.5. The van der Waals surface area contributed by atoms with Crippen molar-refractivity contribution < 1.29 is 9.53 Å². The van der Waals surface area contributed by atoms with Crippen molar-refractivity contribution in [2.24, 2.45) is 5.92 Å². The van der Waals surface area contributed by atoms with E-state index < -0.39 is 0 Å².